The molecule has 8 aromatic rings. The minimum absolute atomic E-state index is 0.310. The van der Waals surface area contributed by atoms with E-state index < -0.39 is 5.91 Å². The second-order valence-corrected chi connectivity index (χ2v) is 12.4. The van der Waals surface area contributed by atoms with Gasteiger partial charge in [0.1, 0.15) is 0 Å². The molecule has 0 N–H and O–H groups in total. The third-order valence-corrected chi connectivity index (χ3v) is 9.64. The van der Waals surface area contributed by atoms with Crippen molar-refractivity contribution in [3.05, 3.63) is 168 Å². The maximum atomic E-state index is 14.4. The SMILES string of the molecule is N#Cc1ccncc1-c1ccc2c(c1)c1cc(-c3cnccc3C#N)ccc1n2-c1cccc2c1C(=O)N(c1ccc(-c3ccccc3)cc1)C2=O. The van der Waals surface area contributed by atoms with E-state index in [0.29, 0.717) is 44.8 Å². The summed E-state index contributed by atoms with van der Waals surface area (Å²) in [5.74, 6) is -0.796. The van der Waals surface area contributed by atoms with Crippen molar-refractivity contribution >= 4 is 39.3 Å². The van der Waals surface area contributed by atoms with Gasteiger partial charge in [0.25, 0.3) is 11.8 Å². The number of carbonyl (C=O) groups is 2. The number of amides is 2. The minimum Gasteiger partial charge on any atom is -0.308 e. The number of hydrogen-bond acceptors (Lipinski definition) is 6. The van der Waals surface area contributed by atoms with Crippen molar-refractivity contribution in [2.24, 2.45) is 0 Å². The van der Waals surface area contributed by atoms with E-state index in [0.717, 1.165) is 44.1 Å². The molecule has 9 rings (SSSR count). The summed E-state index contributed by atoms with van der Waals surface area (Å²) in [6.07, 6.45) is 6.53. The molecule has 1 aliphatic heterocycles. The molecule has 4 heterocycles. The number of fused-ring (bicyclic) bond motifs is 4. The van der Waals surface area contributed by atoms with Crippen molar-refractivity contribution in [2.75, 3.05) is 4.90 Å². The van der Waals surface area contributed by atoms with Gasteiger partial charge in [-0.3, -0.25) is 19.6 Å². The molecule has 242 valence electrons. The second kappa shape index (κ2) is 12.0. The predicted octanol–water partition coefficient (Wildman–Crippen LogP) is 9.12. The summed E-state index contributed by atoms with van der Waals surface area (Å²) in [5.41, 5.74) is 9.27. The fraction of sp³-hybridized carbons (Fsp3) is 0. The zero-order valence-corrected chi connectivity index (χ0v) is 27.4. The Labute approximate surface area is 297 Å². The van der Waals surface area contributed by atoms with Gasteiger partial charge in [0.05, 0.1) is 56.8 Å². The highest BCUT2D eigenvalue weighted by atomic mass is 16.2. The van der Waals surface area contributed by atoms with Crippen LogP contribution >= 0.6 is 0 Å². The molecule has 0 aliphatic carbocycles. The van der Waals surface area contributed by atoms with Crippen LogP contribution in [0.4, 0.5) is 5.69 Å². The maximum Gasteiger partial charge on any atom is 0.268 e. The molecule has 0 spiro atoms. The van der Waals surface area contributed by atoms with E-state index in [1.165, 1.54) is 4.90 Å². The zero-order chi connectivity index (χ0) is 35.3. The highest BCUT2D eigenvalue weighted by Crippen LogP contribution is 2.41. The van der Waals surface area contributed by atoms with Crippen LogP contribution in [0.3, 0.4) is 0 Å². The van der Waals surface area contributed by atoms with Gasteiger partial charge in [-0.2, -0.15) is 10.5 Å². The molecule has 5 aromatic carbocycles. The Morgan fingerprint density at radius 1 is 0.519 bits per heavy atom. The predicted molar refractivity (Wildman–Crippen MR) is 200 cm³/mol. The van der Waals surface area contributed by atoms with Crippen LogP contribution < -0.4 is 4.90 Å². The Balaban J connectivity index is 1.24. The number of pyridine rings is 2. The van der Waals surface area contributed by atoms with Gasteiger partial charge >= 0.3 is 0 Å². The number of imide groups is 1. The van der Waals surface area contributed by atoms with E-state index in [-0.39, 0.29) is 5.91 Å². The molecule has 0 unspecified atom stereocenters. The van der Waals surface area contributed by atoms with Crippen LogP contribution in [0, 0.1) is 22.7 Å². The van der Waals surface area contributed by atoms with Gasteiger partial charge in [0, 0.05) is 46.7 Å². The monoisotopic (exact) mass is 668 g/mol. The second-order valence-electron chi connectivity index (χ2n) is 12.4. The molecule has 0 atom stereocenters. The van der Waals surface area contributed by atoms with Crippen LogP contribution in [-0.4, -0.2) is 26.3 Å². The lowest BCUT2D eigenvalue weighted by molar-refractivity contribution is 0.0926. The van der Waals surface area contributed by atoms with E-state index in [4.69, 9.17) is 0 Å². The summed E-state index contributed by atoms with van der Waals surface area (Å²) in [7, 11) is 0. The molecule has 0 saturated heterocycles. The van der Waals surface area contributed by atoms with Crippen LogP contribution in [-0.2, 0) is 0 Å². The standard InChI is InChI=1S/C44H24N6O2/c45-23-31-17-19-47-25-37(31)29-11-15-39-35(21-29)36-22-30(38-26-48-20-18-32(38)24-46)12-16-40(36)50(39)41-8-4-7-34-42(41)44(52)49(43(34)51)33-13-9-28(10-14-33)27-5-2-1-3-6-27/h1-22,25-26H. The Morgan fingerprint density at radius 2 is 1.08 bits per heavy atom. The number of aromatic nitrogens is 3. The lowest BCUT2D eigenvalue weighted by Gasteiger charge is -2.15. The molecular formula is C44H24N6O2. The van der Waals surface area contributed by atoms with E-state index >= 15 is 0 Å². The third-order valence-electron chi connectivity index (χ3n) is 9.64. The average Bonchev–Trinajstić information content (AvgIpc) is 3.67. The number of hydrogen-bond donors (Lipinski definition) is 0. The van der Waals surface area contributed by atoms with Crippen LogP contribution in [0.1, 0.15) is 31.8 Å². The molecule has 8 heteroatoms. The van der Waals surface area contributed by atoms with Crippen LogP contribution in [0.25, 0.3) is 60.9 Å². The molecule has 1 aliphatic rings. The van der Waals surface area contributed by atoms with Crippen LogP contribution in [0.15, 0.2) is 146 Å². The molecule has 0 bridgehead atoms. The third kappa shape index (κ3) is 4.68. The van der Waals surface area contributed by atoms with E-state index in [2.05, 4.69) is 22.1 Å². The molecule has 2 amide bonds. The summed E-state index contributed by atoms with van der Waals surface area (Å²) >= 11 is 0. The first-order valence-electron chi connectivity index (χ1n) is 16.5. The number of anilines is 1. The first-order chi connectivity index (χ1) is 25.6. The zero-order valence-electron chi connectivity index (χ0n) is 27.4. The van der Waals surface area contributed by atoms with Gasteiger partial charge in [-0.05, 0) is 82.9 Å². The Kier molecular flexibility index (Phi) is 7.03. The van der Waals surface area contributed by atoms with Gasteiger partial charge in [0.15, 0.2) is 0 Å². The van der Waals surface area contributed by atoms with E-state index in [1.54, 1.807) is 61.2 Å². The van der Waals surface area contributed by atoms with Crippen LogP contribution in [0.5, 0.6) is 0 Å². The fourth-order valence-corrected chi connectivity index (χ4v) is 7.18. The number of rotatable bonds is 5. The number of carbonyl (C=O) groups excluding carboxylic acids is 2. The first-order valence-corrected chi connectivity index (χ1v) is 16.5. The minimum atomic E-state index is -0.408. The van der Waals surface area contributed by atoms with Crippen molar-refractivity contribution in [3.63, 3.8) is 0 Å². The average molecular weight is 669 g/mol. The topological polar surface area (TPSA) is 116 Å². The van der Waals surface area contributed by atoms with Crippen molar-refractivity contribution in [1.29, 1.82) is 10.5 Å². The maximum absolute atomic E-state index is 14.4. The lowest BCUT2D eigenvalue weighted by Crippen LogP contribution is -2.29. The summed E-state index contributed by atoms with van der Waals surface area (Å²) in [6, 6.07) is 42.4. The summed E-state index contributed by atoms with van der Waals surface area (Å²) < 4.78 is 2.01. The van der Waals surface area contributed by atoms with Crippen molar-refractivity contribution in [3.8, 4) is 51.2 Å². The molecule has 8 nitrogen and oxygen atoms in total. The van der Waals surface area contributed by atoms with Gasteiger partial charge < -0.3 is 4.57 Å². The van der Waals surface area contributed by atoms with Gasteiger partial charge in [0.2, 0.25) is 0 Å². The lowest BCUT2D eigenvalue weighted by atomic mass is 9.98. The number of nitrogens with zero attached hydrogens (tertiary/aromatic N) is 6. The highest BCUT2D eigenvalue weighted by Gasteiger charge is 2.39. The molecule has 0 fully saturated rings. The highest BCUT2D eigenvalue weighted by molar-refractivity contribution is 6.35. The van der Waals surface area contributed by atoms with Crippen molar-refractivity contribution < 1.29 is 9.59 Å². The van der Waals surface area contributed by atoms with E-state index in [1.807, 2.05) is 89.5 Å². The van der Waals surface area contributed by atoms with Crippen molar-refractivity contribution in [2.45, 2.75) is 0 Å². The summed E-state index contributed by atoms with van der Waals surface area (Å²) in [6.45, 7) is 0. The number of nitriles is 2. The van der Waals surface area contributed by atoms with Crippen LogP contribution in [0.2, 0.25) is 0 Å². The fourth-order valence-electron chi connectivity index (χ4n) is 7.18. The first kappa shape index (κ1) is 30.4. The smallest absolute Gasteiger partial charge is 0.268 e. The molecule has 52 heavy (non-hydrogen) atoms. The molecular weight excluding hydrogens is 645 g/mol. The van der Waals surface area contributed by atoms with Gasteiger partial charge in [-0.15, -0.1) is 0 Å². The quantitative estimate of drug-likeness (QED) is 0.169. The Morgan fingerprint density at radius 3 is 1.65 bits per heavy atom. The van der Waals surface area contributed by atoms with Crippen molar-refractivity contribution in [1.82, 2.24) is 14.5 Å². The Hall–Kier alpha value is -7.68. The number of benzene rings is 5. The van der Waals surface area contributed by atoms with Gasteiger partial charge in [-0.1, -0.05) is 60.7 Å². The Bertz CT molecular complexity index is 2750. The summed E-state index contributed by atoms with van der Waals surface area (Å²) in [4.78, 5) is 38.1. The normalized spacial score (nSPS) is 12.2. The summed E-state index contributed by atoms with van der Waals surface area (Å²) in [5, 5.41) is 21.4. The van der Waals surface area contributed by atoms with Gasteiger partial charge in [-0.25, -0.2) is 4.90 Å². The largest absolute Gasteiger partial charge is 0.308 e. The molecule has 0 radical (unpaired) electrons. The molecule has 3 aromatic heterocycles. The van der Waals surface area contributed by atoms with E-state index in [9.17, 15) is 20.1 Å². The molecule has 0 saturated carbocycles.